The number of rotatable bonds is 5. The van der Waals surface area contributed by atoms with Crippen molar-refractivity contribution in [3.8, 4) is 0 Å². The average Bonchev–Trinajstić information content (AvgIpc) is 2.68. The van der Waals surface area contributed by atoms with Crippen molar-refractivity contribution >= 4 is 39.5 Å². The third-order valence-corrected chi connectivity index (χ3v) is 4.46. The zero-order valence-electron chi connectivity index (χ0n) is 15.3. The fourth-order valence-corrected chi connectivity index (χ4v) is 3.04. The Hall–Kier alpha value is -3.18. The minimum Gasteiger partial charge on any atom is -0.321 e. The van der Waals surface area contributed by atoms with Crippen molar-refractivity contribution < 1.29 is 9.59 Å². The van der Waals surface area contributed by atoms with Crippen molar-refractivity contribution in [1.82, 2.24) is 5.32 Å². The maximum atomic E-state index is 12.9. The van der Waals surface area contributed by atoms with E-state index in [1.807, 2.05) is 55.5 Å². The van der Waals surface area contributed by atoms with Crippen LogP contribution in [0, 0.1) is 6.92 Å². The van der Waals surface area contributed by atoms with Crippen LogP contribution in [0.1, 0.15) is 21.5 Å². The number of halogens is 1. The van der Waals surface area contributed by atoms with Crippen molar-refractivity contribution in [2.24, 2.45) is 0 Å². The Morgan fingerprint density at radius 3 is 2.36 bits per heavy atom. The van der Waals surface area contributed by atoms with Gasteiger partial charge < -0.3 is 10.6 Å². The van der Waals surface area contributed by atoms with Crippen molar-refractivity contribution in [2.45, 2.75) is 6.92 Å². The lowest BCUT2D eigenvalue weighted by Crippen LogP contribution is -2.30. The zero-order valence-corrected chi connectivity index (χ0v) is 16.9. The first kappa shape index (κ1) is 19.6. The minimum atomic E-state index is -0.394. The third-order valence-electron chi connectivity index (χ3n) is 3.96. The van der Waals surface area contributed by atoms with Gasteiger partial charge in [0.15, 0.2) is 0 Å². The fraction of sp³-hybridized carbons (Fsp3) is 0.0435. The summed E-state index contributed by atoms with van der Waals surface area (Å²) in [4.78, 5) is 25.5. The van der Waals surface area contributed by atoms with E-state index in [1.165, 1.54) is 0 Å². The second kappa shape index (κ2) is 9.15. The van der Waals surface area contributed by atoms with E-state index in [1.54, 1.807) is 36.4 Å². The van der Waals surface area contributed by atoms with E-state index in [4.69, 9.17) is 0 Å². The molecular formula is C23H19BrN2O2. The highest BCUT2D eigenvalue weighted by molar-refractivity contribution is 9.10. The summed E-state index contributed by atoms with van der Waals surface area (Å²) in [5.41, 5.74) is 3.12. The lowest BCUT2D eigenvalue weighted by Gasteiger charge is -2.12. The maximum absolute atomic E-state index is 12.9. The summed E-state index contributed by atoms with van der Waals surface area (Å²) in [5.74, 6) is -0.740. The fourth-order valence-electron chi connectivity index (χ4n) is 2.63. The SMILES string of the molecule is Cc1cccc(NC(=O)C(=Cc2cccc(Br)c2)NC(=O)c2ccccc2)c1. The molecule has 5 heteroatoms. The van der Waals surface area contributed by atoms with Crippen LogP contribution in [0.4, 0.5) is 5.69 Å². The van der Waals surface area contributed by atoms with Gasteiger partial charge in [-0.25, -0.2) is 0 Å². The van der Waals surface area contributed by atoms with Crippen LogP contribution < -0.4 is 10.6 Å². The average molecular weight is 435 g/mol. The lowest BCUT2D eigenvalue weighted by molar-refractivity contribution is -0.113. The van der Waals surface area contributed by atoms with E-state index in [9.17, 15) is 9.59 Å². The van der Waals surface area contributed by atoms with E-state index in [0.717, 1.165) is 15.6 Å². The van der Waals surface area contributed by atoms with E-state index in [-0.39, 0.29) is 11.6 Å². The van der Waals surface area contributed by atoms with Gasteiger partial charge >= 0.3 is 0 Å². The molecule has 140 valence electrons. The molecule has 3 aromatic carbocycles. The number of nitrogens with one attached hydrogen (secondary N) is 2. The van der Waals surface area contributed by atoms with Crippen LogP contribution >= 0.6 is 15.9 Å². The Morgan fingerprint density at radius 1 is 0.893 bits per heavy atom. The van der Waals surface area contributed by atoms with Gasteiger partial charge in [0.2, 0.25) is 0 Å². The smallest absolute Gasteiger partial charge is 0.272 e. The molecule has 0 saturated carbocycles. The number of aryl methyl sites for hydroxylation is 1. The van der Waals surface area contributed by atoms with E-state index in [2.05, 4.69) is 26.6 Å². The molecule has 0 unspecified atom stereocenters. The molecule has 0 fully saturated rings. The van der Waals surface area contributed by atoms with Crippen molar-refractivity contribution in [2.75, 3.05) is 5.32 Å². The molecule has 0 aliphatic heterocycles. The summed E-state index contributed by atoms with van der Waals surface area (Å²) in [6.07, 6.45) is 1.65. The quantitative estimate of drug-likeness (QED) is 0.544. The van der Waals surface area contributed by atoms with Gasteiger partial charge in [-0.05, 0) is 60.5 Å². The number of carbonyl (C=O) groups excluding carboxylic acids is 2. The molecule has 0 radical (unpaired) electrons. The third kappa shape index (κ3) is 5.41. The summed E-state index contributed by atoms with van der Waals surface area (Å²) < 4.78 is 0.883. The van der Waals surface area contributed by atoms with Gasteiger partial charge in [0.25, 0.3) is 11.8 Å². The summed E-state index contributed by atoms with van der Waals surface area (Å²) in [5, 5.41) is 5.57. The number of amides is 2. The molecule has 0 heterocycles. The van der Waals surface area contributed by atoms with Crippen LogP contribution in [0.5, 0.6) is 0 Å². The van der Waals surface area contributed by atoms with Crippen molar-refractivity contribution in [1.29, 1.82) is 0 Å². The first-order chi connectivity index (χ1) is 13.5. The molecule has 0 atom stereocenters. The molecule has 0 bridgehead atoms. The Morgan fingerprint density at radius 2 is 1.64 bits per heavy atom. The number of hydrogen-bond donors (Lipinski definition) is 2. The van der Waals surface area contributed by atoms with E-state index < -0.39 is 5.91 Å². The van der Waals surface area contributed by atoms with Crippen molar-refractivity contribution in [3.05, 3.63) is 106 Å². The second-order valence-electron chi connectivity index (χ2n) is 6.26. The Labute approximate surface area is 172 Å². The largest absolute Gasteiger partial charge is 0.321 e. The van der Waals surface area contributed by atoms with E-state index in [0.29, 0.717) is 11.3 Å². The summed E-state index contributed by atoms with van der Waals surface area (Å²) in [6.45, 7) is 1.95. The highest BCUT2D eigenvalue weighted by Gasteiger charge is 2.15. The Kier molecular flexibility index (Phi) is 6.40. The van der Waals surface area contributed by atoms with Gasteiger partial charge in [-0.15, -0.1) is 0 Å². The maximum Gasteiger partial charge on any atom is 0.272 e. The predicted molar refractivity (Wildman–Crippen MR) is 116 cm³/mol. The van der Waals surface area contributed by atoms with Crippen LogP contribution in [0.25, 0.3) is 6.08 Å². The van der Waals surface area contributed by atoms with Gasteiger partial charge in [-0.3, -0.25) is 9.59 Å². The van der Waals surface area contributed by atoms with Gasteiger partial charge in [0.1, 0.15) is 5.70 Å². The topological polar surface area (TPSA) is 58.2 Å². The Bertz CT molecular complexity index is 1030. The molecule has 0 aliphatic rings. The summed E-state index contributed by atoms with van der Waals surface area (Å²) >= 11 is 3.42. The van der Waals surface area contributed by atoms with Crippen LogP contribution in [-0.2, 0) is 4.79 Å². The van der Waals surface area contributed by atoms with E-state index >= 15 is 0 Å². The molecule has 3 rings (SSSR count). The van der Waals surface area contributed by atoms with Gasteiger partial charge in [-0.1, -0.05) is 58.4 Å². The van der Waals surface area contributed by atoms with Crippen LogP contribution in [0.15, 0.2) is 89.0 Å². The number of anilines is 1. The number of benzene rings is 3. The summed E-state index contributed by atoms with van der Waals surface area (Å²) in [6, 6.07) is 23.8. The first-order valence-corrected chi connectivity index (χ1v) is 9.52. The molecule has 3 aromatic rings. The predicted octanol–water partition coefficient (Wildman–Crippen LogP) is 5.17. The highest BCUT2D eigenvalue weighted by atomic mass is 79.9. The lowest BCUT2D eigenvalue weighted by atomic mass is 10.1. The van der Waals surface area contributed by atoms with Crippen LogP contribution in [0.2, 0.25) is 0 Å². The molecule has 2 amide bonds. The number of carbonyl (C=O) groups is 2. The van der Waals surface area contributed by atoms with Gasteiger partial charge in [-0.2, -0.15) is 0 Å². The van der Waals surface area contributed by atoms with Crippen LogP contribution in [-0.4, -0.2) is 11.8 Å². The molecule has 0 aliphatic carbocycles. The number of hydrogen-bond acceptors (Lipinski definition) is 2. The highest BCUT2D eigenvalue weighted by Crippen LogP contribution is 2.16. The molecule has 0 spiro atoms. The standard InChI is InChI=1S/C23H19BrN2O2/c1-16-7-5-12-20(13-16)25-23(28)21(15-17-8-6-11-19(24)14-17)26-22(27)18-9-3-2-4-10-18/h2-15H,1H3,(H,25,28)(H,26,27). The monoisotopic (exact) mass is 434 g/mol. The molecular weight excluding hydrogens is 416 g/mol. The molecule has 0 aromatic heterocycles. The summed E-state index contributed by atoms with van der Waals surface area (Å²) in [7, 11) is 0. The molecule has 4 nitrogen and oxygen atoms in total. The van der Waals surface area contributed by atoms with Gasteiger partial charge in [0, 0.05) is 15.7 Å². The zero-order chi connectivity index (χ0) is 19.9. The minimum absolute atomic E-state index is 0.161. The molecule has 2 N–H and O–H groups in total. The van der Waals surface area contributed by atoms with Crippen LogP contribution in [0.3, 0.4) is 0 Å². The van der Waals surface area contributed by atoms with Gasteiger partial charge in [0.05, 0.1) is 0 Å². The first-order valence-electron chi connectivity index (χ1n) is 8.73. The molecule has 28 heavy (non-hydrogen) atoms. The Balaban J connectivity index is 1.89. The van der Waals surface area contributed by atoms with Crippen molar-refractivity contribution in [3.63, 3.8) is 0 Å². The molecule has 0 saturated heterocycles. The normalized spacial score (nSPS) is 11.0. The second-order valence-corrected chi connectivity index (χ2v) is 7.17.